The van der Waals surface area contributed by atoms with Crippen LogP contribution in [0, 0.1) is 17.3 Å². The second-order valence-corrected chi connectivity index (χ2v) is 5.51. The molecular formula is C12H20O3. The first-order valence-electron chi connectivity index (χ1n) is 5.84. The molecule has 0 aromatic carbocycles. The van der Waals surface area contributed by atoms with E-state index in [4.69, 9.17) is 0 Å². The second-order valence-electron chi connectivity index (χ2n) is 5.51. The molecule has 86 valence electrons. The Hall–Kier alpha value is -0.410. The van der Waals surface area contributed by atoms with Crippen molar-refractivity contribution in [2.24, 2.45) is 17.3 Å². The smallest absolute Gasteiger partial charge is 0.123 e. The molecule has 2 saturated carbocycles. The third-order valence-corrected chi connectivity index (χ3v) is 4.92. The predicted molar refractivity (Wildman–Crippen MR) is 56.3 cm³/mol. The molecule has 2 rings (SSSR count). The zero-order valence-corrected chi connectivity index (χ0v) is 9.28. The molecule has 0 heterocycles. The summed E-state index contributed by atoms with van der Waals surface area (Å²) in [6, 6.07) is 0. The lowest BCUT2D eigenvalue weighted by Crippen LogP contribution is -2.50. The molecule has 0 spiro atoms. The van der Waals surface area contributed by atoms with E-state index in [9.17, 15) is 15.0 Å². The number of carbonyl (C=O) groups excluding carboxylic acids is 1. The molecule has 0 unspecified atom stereocenters. The fourth-order valence-corrected chi connectivity index (χ4v) is 3.60. The maximum absolute atomic E-state index is 10.8. The summed E-state index contributed by atoms with van der Waals surface area (Å²) >= 11 is 0. The lowest BCUT2D eigenvalue weighted by molar-refractivity contribution is -0.133. The lowest BCUT2D eigenvalue weighted by atomic mass is 9.60. The first-order chi connectivity index (χ1) is 7.05. The largest absolute Gasteiger partial charge is 0.396 e. The van der Waals surface area contributed by atoms with Gasteiger partial charge in [0.25, 0.3) is 0 Å². The van der Waals surface area contributed by atoms with Gasteiger partial charge >= 0.3 is 0 Å². The van der Waals surface area contributed by atoms with E-state index in [0.29, 0.717) is 6.42 Å². The van der Waals surface area contributed by atoms with Gasteiger partial charge in [-0.2, -0.15) is 0 Å². The molecule has 15 heavy (non-hydrogen) atoms. The summed E-state index contributed by atoms with van der Waals surface area (Å²) in [6.45, 7) is 2.23. The molecule has 2 aliphatic carbocycles. The van der Waals surface area contributed by atoms with Crippen molar-refractivity contribution in [1.29, 1.82) is 0 Å². The zero-order valence-electron chi connectivity index (χ0n) is 9.28. The monoisotopic (exact) mass is 212 g/mol. The maximum atomic E-state index is 10.8. The molecule has 0 amide bonds. The molecule has 4 atom stereocenters. The van der Waals surface area contributed by atoms with Crippen molar-refractivity contribution in [3.63, 3.8) is 0 Å². The highest BCUT2D eigenvalue weighted by molar-refractivity contribution is 5.54. The molecule has 3 heteroatoms. The van der Waals surface area contributed by atoms with Gasteiger partial charge in [0.05, 0.1) is 5.60 Å². The highest BCUT2D eigenvalue weighted by atomic mass is 16.3. The number of hydrogen-bond donors (Lipinski definition) is 2. The van der Waals surface area contributed by atoms with Crippen molar-refractivity contribution < 1.29 is 15.0 Å². The Morgan fingerprint density at radius 3 is 2.73 bits per heavy atom. The van der Waals surface area contributed by atoms with Gasteiger partial charge in [-0.15, -0.1) is 0 Å². The molecule has 0 bridgehead atoms. The van der Waals surface area contributed by atoms with Crippen LogP contribution in [0.2, 0.25) is 0 Å². The van der Waals surface area contributed by atoms with E-state index >= 15 is 0 Å². The van der Waals surface area contributed by atoms with Gasteiger partial charge in [-0.1, -0.05) is 6.92 Å². The van der Waals surface area contributed by atoms with Crippen molar-refractivity contribution in [2.45, 2.75) is 44.6 Å². The average Bonchev–Trinajstić information content (AvgIpc) is 2.49. The van der Waals surface area contributed by atoms with Crippen LogP contribution in [0.15, 0.2) is 0 Å². The lowest BCUT2D eigenvalue weighted by Gasteiger charge is -2.48. The normalized spacial score (nSPS) is 50.1. The number of hydrogen-bond acceptors (Lipinski definition) is 3. The number of carbonyl (C=O) groups is 1. The number of fused-ring (bicyclic) bond motifs is 1. The standard InChI is InChI=1S/C12H20O3/c1-11-4-2-9(7-13)6-12(11,15)5-3-10(11)8-14/h7,9-10,14-15H,2-6,8H2,1H3/t9-,10+,11+,12-/m0/s1. The van der Waals surface area contributed by atoms with Crippen LogP contribution in [0.1, 0.15) is 39.0 Å². The molecule has 2 N–H and O–H groups in total. The summed E-state index contributed by atoms with van der Waals surface area (Å²) in [6.07, 6.45) is 4.90. The average molecular weight is 212 g/mol. The van der Waals surface area contributed by atoms with Crippen LogP contribution in [0.25, 0.3) is 0 Å². The van der Waals surface area contributed by atoms with E-state index in [-0.39, 0.29) is 23.9 Å². The van der Waals surface area contributed by atoms with Crippen molar-refractivity contribution in [3.8, 4) is 0 Å². The van der Waals surface area contributed by atoms with Crippen LogP contribution in [-0.4, -0.2) is 28.7 Å². The first kappa shape index (κ1) is 11.1. The topological polar surface area (TPSA) is 57.5 Å². The predicted octanol–water partition coefficient (Wildman–Crippen LogP) is 1.13. The van der Waals surface area contributed by atoms with E-state index in [1.54, 1.807) is 0 Å². The van der Waals surface area contributed by atoms with Crippen molar-refractivity contribution in [3.05, 3.63) is 0 Å². The van der Waals surface area contributed by atoms with Gasteiger partial charge < -0.3 is 15.0 Å². The van der Waals surface area contributed by atoms with E-state index in [1.165, 1.54) is 0 Å². The Kier molecular flexibility index (Phi) is 2.63. The van der Waals surface area contributed by atoms with Crippen LogP contribution >= 0.6 is 0 Å². The molecule has 0 aromatic rings. The second kappa shape index (κ2) is 3.56. The van der Waals surface area contributed by atoms with E-state index in [2.05, 4.69) is 6.92 Å². The number of aliphatic hydroxyl groups excluding tert-OH is 1. The van der Waals surface area contributed by atoms with Crippen LogP contribution in [0.4, 0.5) is 0 Å². The Bertz CT molecular complexity index is 266. The number of aldehydes is 1. The summed E-state index contributed by atoms with van der Waals surface area (Å²) in [4.78, 5) is 10.8. The number of aliphatic hydroxyl groups is 2. The van der Waals surface area contributed by atoms with Gasteiger partial charge in [0.1, 0.15) is 6.29 Å². The Labute approximate surface area is 90.5 Å². The van der Waals surface area contributed by atoms with Crippen LogP contribution in [0.5, 0.6) is 0 Å². The highest BCUT2D eigenvalue weighted by Crippen LogP contribution is 2.58. The van der Waals surface area contributed by atoms with Crippen molar-refractivity contribution in [1.82, 2.24) is 0 Å². The van der Waals surface area contributed by atoms with Crippen LogP contribution < -0.4 is 0 Å². The SMILES string of the molecule is C[C@]12CC[C@H](C=O)C[C@@]1(O)CC[C@@H]2CO. The van der Waals surface area contributed by atoms with Crippen molar-refractivity contribution in [2.75, 3.05) is 6.61 Å². The molecule has 0 saturated heterocycles. The highest BCUT2D eigenvalue weighted by Gasteiger charge is 2.58. The number of rotatable bonds is 2. The minimum Gasteiger partial charge on any atom is -0.396 e. The van der Waals surface area contributed by atoms with Gasteiger partial charge in [0.15, 0.2) is 0 Å². The fourth-order valence-electron chi connectivity index (χ4n) is 3.60. The minimum absolute atomic E-state index is 0.0144. The molecule has 3 nitrogen and oxygen atoms in total. The molecule has 0 aliphatic heterocycles. The third-order valence-electron chi connectivity index (χ3n) is 4.92. The quantitative estimate of drug-likeness (QED) is 0.674. The molecule has 2 fully saturated rings. The van der Waals surface area contributed by atoms with E-state index < -0.39 is 5.60 Å². The summed E-state index contributed by atoms with van der Waals surface area (Å²) in [5, 5.41) is 19.9. The Morgan fingerprint density at radius 2 is 2.13 bits per heavy atom. The van der Waals surface area contributed by atoms with E-state index in [0.717, 1.165) is 32.0 Å². The van der Waals surface area contributed by atoms with Gasteiger partial charge in [-0.05, 0) is 38.0 Å². The Balaban J connectivity index is 2.23. The van der Waals surface area contributed by atoms with Crippen LogP contribution in [-0.2, 0) is 4.79 Å². The third kappa shape index (κ3) is 1.44. The summed E-state index contributed by atoms with van der Waals surface area (Å²) in [7, 11) is 0. The van der Waals surface area contributed by atoms with Crippen LogP contribution in [0.3, 0.4) is 0 Å². The van der Waals surface area contributed by atoms with Gasteiger partial charge in [-0.25, -0.2) is 0 Å². The summed E-state index contributed by atoms with van der Waals surface area (Å²) < 4.78 is 0. The van der Waals surface area contributed by atoms with Gasteiger partial charge in [-0.3, -0.25) is 0 Å². The first-order valence-corrected chi connectivity index (χ1v) is 5.84. The molecule has 2 aliphatic rings. The Morgan fingerprint density at radius 1 is 1.40 bits per heavy atom. The molecule has 0 radical (unpaired) electrons. The fraction of sp³-hybridized carbons (Fsp3) is 0.917. The maximum Gasteiger partial charge on any atom is 0.123 e. The van der Waals surface area contributed by atoms with Gasteiger partial charge in [0, 0.05) is 17.9 Å². The summed E-state index contributed by atoms with van der Waals surface area (Å²) in [5.41, 5.74) is -0.897. The minimum atomic E-state index is -0.718. The molecule has 0 aromatic heterocycles. The van der Waals surface area contributed by atoms with Gasteiger partial charge in [0.2, 0.25) is 0 Å². The summed E-state index contributed by atoms with van der Waals surface area (Å²) in [5.74, 6) is 0.218. The zero-order chi connectivity index (χ0) is 11.1. The van der Waals surface area contributed by atoms with E-state index in [1.807, 2.05) is 0 Å². The van der Waals surface area contributed by atoms with Crippen molar-refractivity contribution >= 4 is 6.29 Å². The molecular weight excluding hydrogens is 192 g/mol.